The van der Waals surface area contributed by atoms with Gasteiger partial charge in [-0.25, -0.2) is 4.79 Å². The van der Waals surface area contributed by atoms with Crippen LogP contribution in [0.1, 0.15) is 11.3 Å². The first-order valence-corrected chi connectivity index (χ1v) is 7.40. The Morgan fingerprint density at radius 2 is 1.69 bits per heavy atom. The number of aromatic nitrogens is 2. The van der Waals surface area contributed by atoms with Gasteiger partial charge in [0.25, 0.3) is 5.56 Å². The number of carboxylic acids is 1. The molecule has 1 heterocycles. The van der Waals surface area contributed by atoms with Gasteiger partial charge in [-0.05, 0) is 17.5 Å². The van der Waals surface area contributed by atoms with Crippen LogP contribution in [0.3, 0.4) is 0 Å². The highest BCUT2D eigenvalue weighted by Crippen LogP contribution is 2.34. The average Bonchev–Trinajstić information content (AvgIpc) is 2.55. The molecular formula is C16H16F3N3O4. The summed E-state index contributed by atoms with van der Waals surface area (Å²) in [5, 5.41) is 8.80. The van der Waals surface area contributed by atoms with Gasteiger partial charge in [0, 0.05) is 14.1 Å². The van der Waals surface area contributed by atoms with Crippen LogP contribution in [0, 0.1) is 0 Å². The predicted octanol–water partition coefficient (Wildman–Crippen LogP) is 0.724. The molecule has 0 bridgehead atoms. The Balaban J connectivity index is 2.64. The van der Waals surface area contributed by atoms with E-state index in [-0.39, 0.29) is 12.0 Å². The smallest absolute Gasteiger partial charge is 0.432 e. The molecular weight excluding hydrogens is 355 g/mol. The zero-order chi connectivity index (χ0) is 19.8. The van der Waals surface area contributed by atoms with E-state index in [2.05, 4.69) is 0 Å². The second-order valence-corrected chi connectivity index (χ2v) is 5.77. The van der Waals surface area contributed by atoms with Crippen LogP contribution in [0.5, 0.6) is 0 Å². The molecule has 7 nitrogen and oxygen atoms in total. The van der Waals surface area contributed by atoms with Crippen LogP contribution in [0.25, 0.3) is 11.1 Å². The molecule has 0 amide bonds. The topological polar surface area (TPSA) is 107 Å². The van der Waals surface area contributed by atoms with Crippen molar-refractivity contribution in [2.75, 3.05) is 0 Å². The van der Waals surface area contributed by atoms with Gasteiger partial charge in [-0.2, -0.15) is 13.2 Å². The number of aliphatic carboxylic acids is 1. The van der Waals surface area contributed by atoms with Gasteiger partial charge in [0.15, 0.2) is 0 Å². The third-order valence-corrected chi connectivity index (χ3v) is 3.95. The number of halogens is 3. The van der Waals surface area contributed by atoms with Crippen molar-refractivity contribution in [2.24, 2.45) is 19.8 Å². The van der Waals surface area contributed by atoms with E-state index >= 15 is 0 Å². The van der Waals surface area contributed by atoms with E-state index in [1.54, 1.807) is 0 Å². The summed E-state index contributed by atoms with van der Waals surface area (Å²) >= 11 is 0. The molecule has 2 rings (SSSR count). The summed E-state index contributed by atoms with van der Waals surface area (Å²) in [6, 6.07) is 4.16. The van der Waals surface area contributed by atoms with Crippen molar-refractivity contribution in [1.82, 2.24) is 9.13 Å². The third kappa shape index (κ3) is 3.54. The summed E-state index contributed by atoms with van der Waals surface area (Å²) in [6.45, 7) is 0. The van der Waals surface area contributed by atoms with Gasteiger partial charge in [0.1, 0.15) is 11.7 Å². The summed E-state index contributed by atoms with van der Waals surface area (Å²) in [5.74, 6) is -1.21. The third-order valence-electron chi connectivity index (χ3n) is 3.95. The first kappa shape index (κ1) is 19.4. The highest BCUT2D eigenvalue weighted by atomic mass is 19.4. The molecule has 1 atom stereocenters. The van der Waals surface area contributed by atoms with Crippen molar-refractivity contribution in [3.8, 4) is 11.1 Å². The highest BCUT2D eigenvalue weighted by molar-refractivity contribution is 5.73. The second-order valence-electron chi connectivity index (χ2n) is 5.77. The number of alkyl halides is 3. The zero-order valence-corrected chi connectivity index (χ0v) is 13.9. The first-order valence-electron chi connectivity index (χ1n) is 7.40. The van der Waals surface area contributed by atoms with Crippen LogP contribution >= 0.6 is 0 Å². The molecule has 2 aromatic rings. The summed E-state index contributed by atoms with van der Waals surface area (Å²) in [4.78, 5) is 34.9. The maximum Gasteiger partial charge on any atom is 0.432 e. The van der Waals surface area contributed by atoms with E-state index < -0.39 is 40.7 Å². The van der Waals surface area contributed by atoms with Crippen LogP contribution in [0.15, 0.2) is 33.9 Å². The molecule has 140 valence electrons. The van der Waals surface area contributed by atoms with E-state index in [9.17, 15) is 27.6 Å². The van der Waals surface area contributed by atoms with Gasteiger partial charge in [-0.15, -0.1) is 0 Å². The molecule has 1 aromatic heterocycles. The number of hydrogen-bond acceptors (Lipinski definition) is 4. The number of hydrogen-bond donors (Lipinski definition) is 2. The molecule has 3 N–H and O–H groups in total. The van der Waals surface area contributed by atoms with Crippen LogP contribution in [0.4, 0.5) is 13.2 Å². The molecule has 0 radical (unpaired) electrons. The Morgan fingerprint density at radius 3 is 2.15 bits per heavy atom. The van der Waals surface area contributed by atoms with E-state index in [4.69, 9.17) is 10.8 Å². The van der Waals surface area contributed by atoms with Crippen molar-refractivity contribution in [3.05, 3.63) is 56.4 Å². The molecule has 0 spiro atoms. The Bertz CT molecular complexity index is 959. The zero-order valence-electron chi connectivity index (χ0n) is 13.9. The highest BCUT2D eigenvalue weighted by Gasteiger charge is 2.39. The number of nitrogens with zero attached hydrogens (tertiary/aromatic N) is 2. The maximum atomic E-state index is 13.4. The normalized spacial score (nSPS) is 12.8. The largest absolute Gasteiger partial charge is 0.480 e. The van der Waals surface area contributed by atoms with Crippen LogP contribution in [-0.2, 0) is 31.5 Å². The summed E-state index contributed by atoms with van der Waals surface area (Å²) in [5.41, 5.74) is 1.70. The quantitative estimate of drug-likeness (QED) is 0.824. The maximum absolute atomic E-state index is 13.4. The molecule has 1 aromatic carbocycles. The molecule has 1 unspecified atom stereocenters. The van der Waals surface area contributed by atoms with Crippen LogP contribution < -0.4 is 17.0 Å². The molecule has 0 aliphatic rings. The SMILES string of the molecule is Cn1c(C(F)(F)F)c(-c2ccc(CC(N)C(=O)O)cc2)c(=O)n(C)c1=O. The number of benzene rings is 1. The average molecular weight is 371 g/mol. The Labute approximate surface area is 145 Å². The lowest BCUT2D eigenvalue weighted by Crippen LogP contribution is -2.41. The predicted molar refractivity (Wildman–Crippen MR) is 86.7 cm³/mol. The molecule has 0 aliphatic heterocycles. The van der Waals surface area contributed by atoms with E-state index in [0.717, 1.165) is 14.1 Å². The van der Waals surface area contributed by atoms with Crippen LogP contribution in [-0.4, -0.2) is 26.3 Å². The van der Waals surface area contributed by atoms with Crippen molar-refractivity contribution >= 4 is 5.97 Å². The minimum atomic E-state index is -4.92. The fourth-order valence-electron chi connectivity index (χ4n) is 2.59. The van der Waals surface area contributed by atoms with Gasteiger partial charge < -0.3 is 10.8 Å². The molecule has 26 heavy (non-hydrogen) atoms. The fraction of sp³-hybridized carbons (Fsp3) is 0.312. The minimum Gasteiger partial charge on any atom is -0.480 e. The lowest BCUT2D eigenvalue weighted by atomic mass is 10.00. The minimum absolute atomic E-state index is 0.0208. The number of carboxylic acid groups (broad SMARTS) is 1. The van der Waals surface area contributed by atoms with E-state index in [0.29, 0.717) is 14.7 Å². The summed E-state index contributed by atoms with van der Waals surface area (Å²) < 4.78 is 41.3. The Morgan fingerprint density at radius 1 is 1.15 bits per heavy atom. The van der Waals surface area contributed by atoms with Gasteiger partial charge in [0.2, 0.25) is 0 Å². The van der Waals surface area contributed by atoms with Gasteiger partial charge in [0.05, 0.1) is 5.56 Å². The number of carbonyl (C=O) groups is 1. The van der Waals surface area contributed by atoms with Crippen molar-refractivity contribution in [3.63, 3.8) is 0 Å². The van der Waals surface area contributed by atoms with Crippen molar-refractivity contribution < 1.29 is 23.1 Å². The second kappa shape index (κ2) is 6.79. The molecule has 0 saturated heterocycles. The van der Waals surface area contributed by atoms with Crippen LogP contribution in [0.2, 0.25) is 0 Å². The van der Waals surface area contributed by atoms with Gasteiger partial charge in [-0.3, -0.25) is 18.7 Å². The standard InChI is InChI=1S/C16H16F3N3O4/c1-21-12(16(17,18)19)11(13(23)22(2)15(21)26)9-5-3-8(4-6-9)7-10(20)14(24)25/h3-6,10H,7,20H2,1-2H3,(H,24,25). The van der Waals surface area contributed by atoms with E-state index in [1.165, 1.54) is 24.3 Å². The van der Waals surface area contributed by atoms with E-state index in [1.807, 2.05) is 0 Å². The number of nitrogens with two attached hydrogens (primary N) is 1. The van der Waals surface area contributed by atoms with Gasteiger partial charge >= 0.3 is 17.8 Å². The monoisotopic (exact) mass is 371 g/mol. The molecule has 0 saturated carbocycles. The molecule has 0 aliphatic carbocycles. The molecule has 10 heteroatoms. The summed E-state index contributed by atoms with van der Waals surface area (Å²) in [6.07, 6.45) is -4.94. The Hall–Kier alpha value is -2.88. The van der Waals surface area contributed by atoms with Gasteiger partial charge in [-0.1, -0.05) is 24.3 Å². The van der Waals surface area contributed by atoms with Crippen molar-refractivity contribution in [2.45, 2.75) is 18.6 Å². The molecule has 0 fully saturated rings. The van der Waals surface area contributed by atoms with Crippen molar-refractivity contribution in [1.29, 1.82) is 0 Å². The lowest BCUT2D eigenvalue weighted by molar-refractivity contribution is -0.143. The Kier molecular flexibility index (Phi) is 5.08. The summed E-state index contributed by atoms with van der Waals surface area (Å²) in [7, 11) is 2.03. The first-order chi connectivity index (χ1) is 11.9. The fourth-order valence-corrected chi connectivity index (χ4v) is 2.59. The number of rotatable bonds is 4. The lowest BCUT2D eigenvalue weighted by Gasteiger charge is -2.17.